The van der Waals surface area contributed by atoms with Crippen LogP contribution in [0.25, 0.3) is 0 Å². The second-order valence-corrected chi connectivity index (χ2v) is 9.66. The molecular weight excluding hydrogens is 414 g/mol. The van der Waals surface area contributed by atoms with E-state index < -0.39 is 20.0 Å². The molecule has 2 aliphatic rings. The van der Waals surface area contributed by atoms with E-state index in [4.69, 9.17) is 0 Å². The van der Waals surface area contributed by atoms with E-state index >= 15 is 0 Å². The Bertz CT molecular complexity index is 1120. The average molecular weight is 434 g/mol. The Hall–Kier alpha value is -2.76. The van der Waals surface area contributed by atoms with Gasteiger partial charge in [0, 0.05) is 25.9 Å². The fraction of sp³-hybridized carbons (Fsp3) is 0.222. The van der Waals surface area contributed by atoms with Gasteiger partial charge in [0.05, 0.1) is 11.4 Å². The quantitative estimate of drug-likeness (QED) is 0.592. The molecule has 152 valence electrons. The highest BCUT2D eigenvalue weighted by molar-refractivity contribution is 7.90. The maximum Gasteiger partial charge on any atom is 0.286 e. The van der Waals surface area contributed by atoms with Crippen molar-refractivity contribution in [2.45, 2.75) is 22.6 Å². The molecule has 0 aromatic heterocycles. The fourth-order valence-corrected chi connectivity index (χ4v) is 5.44. The van der Waals surface area contributed by atoms with Crippen LogP contribution >= 0.6 is 0 Å². The Morgan fingerprint density at radius 3 is 1.55 bits per heavy atom. The van der Waals surface area contributed by atoms with Crippen LogP contribution < -0.4 is 16.0 Å². The number of para-hydroxylation sites is 2. The summed E-state index contributed by atoms with van der Waals surface area (Å²) >= 11 is 0. The fourth-order valence-electron chi connectivity index (χ4n) is 3.09. The van der Waals surface area contributed by atoms with Crippen molar-refractivity contribution in [2.24, 2.45) is 8.80 Å². The molecule has 0 radical (unpaired) electrons. The molecule has 4 rings (SSSR count). The molecule has 11 heteroatoms. The number of amidine groups is 2. The van der Waals surface area contributed by atoms with E-state index in [9.17, 15) is 16.8 Å². The van der Waals surface area contributed by atoms with Gasteiger partial charge < -0.3 is 16.0 Å². The molecule has 2 heterocycles. The lowest BCUT2D eigenvalue weighted by Crippen LogP contribution is -2.29. The monoisotopic (exact) mass is 433 g/mol. The lowest BCUT2D eigenvalue weighted by Gasteiger charge is -2.19. The van der Waals surface area contributed by atoms with Gasteiger partial charge in [-0.25, -0.2) is 0 Å². The van der Waals surface area contributed by atoms with E-state index in [2.05, 4.69) is 24.7 Å². The molecule has 3 N–H and O–H groups in total. The van der Waals surface area contributed by atoms with Gasteiger partial charge in [-0.3, -0.25) is 0 Å². The van der Waals surface area contributed by atoms with Crippen LogP contribution in [0.3, 0.4) is 0 Å². The second-order valence-electron chi connectivity index (χ2n) is 6.52. The third-order valence-electron chi connectivity index (χ3n) is 4.43. The largest absolute Gasteiger partial charge is 0.342 e. The van der Waals surface area contributed by atoms with Crippen LogP contribution in [-0.4, -0.2) is 41.6 Å². The van der Waals surface area contributed by atoms with E-state index in [-0.39, 0.29) is 9.79 Å². The summed E-state index contributed by atoms with van der Waals surface area (Å²) in [7, 11) is -7.38. The van der Waals surface area contributed by atoms with Crippen molar-refractivity contribution < 1.29 is 16.8 Å². The molecule has 0 saturated carbocycles. The van der Waals surface area contributed by atoms with E-state index in [0.717, 1.165) is 0 Å². The molecule has 0 atom stereocenters. The molecule has 0 bridgehead atoms. The van der Waals surface area contributed by atoms with Crippen molar-refractivity contribution in [3.8, 4) is 0 Å². The highest BCUT2D eigenvalue weighted by Crippen LogP contribution is 2.28. The standard InChI is InChI=1S/C18H19N5O4S2/c24-28(25)15-7-3-1-5-13(15)20-17(22-28)9-11-19-12-10-18-21-14-6-2-4-8-16(14)29(26,27)23-18/h1-8,19H,9-12H2,(H,20,22)(H,21,23). The number of hydrogen-bond donors (Lipinski definition) is 3. The first-order chi connectivity index (χ1) is 13.9. The van der Waals surface area contributed by atoms with Crippen LogP contribution in [0, 0.1) is 0 Å². The maximum absolute atomic E-state index is 12.2. The topological polar surface area (TPSA) is 129 Å². The van der Waals surface area contributed by atoms with Gasteiger partial charge in [0.2, 0.25) is 0 Å². The van der Waals surface area contributed by atoms with Crippen LogP contribution in [0.15, 0.2) is 67.1 Å². The summed E-state index contributed by atoms with van der Waals surface area (Å²) in [5, 5.41) is 9.21. The number of fused-ring (bicyclic) bond motifs is 2. The Labute approximate surface area is 169 Å². The lowest BCUT2D eigenvalue weighted by molar-refractivity contribution is 0.596. The summed E-state index contributed by atoms with van der Waals surface area (Å²) in [5.74, 6) is 0.724. The van der Waals surface area contributed by atoms with Crippen LogP contribution in [0.2, 0.25) is 0 Å². The van der Waals surface area contributed by atoms with E-state index in [1.165, 1.54) is 12.1 Å². The zero-order valence-corrected chi connectivity index (χ0v) is 16.9. The first-order valence-electron chi connectivity index (χ1n) is 8.96. The summed E-state index contributed by atoms with van der Waals surface area (Å²) in [4.78, 5) is 0.333. The third kappa shape index (κ3) is 4.16. The number of sulfonamides is 2. The Kier molecular flexibility index (Phi) is 5.11. The molecule has 0 amide bonds. The van der Waals surface area contributed by atoms with E-state index in [1.54, 1.807) is 36.4 Å². The number of nitrogens with zero attached hydrogens (tertiary/aromatic N) is 2. The normalized spacial score (nSPS) is 18.3. The zero-order chi connectivity index (χ0) is 20.5. The van der Waals surface area contributed by atoms with Crippen molar-refractivity contribution >= 4 is 43.1 Å². The predicted octanol–water partition coefficient (Wildman–Crippen LogP) is 1.78. The van der Waals surface area contributed by atoms with Crippen LogP contribution in [0.5, 0.6) is 0 Å². The molecular formula is C18H19N5O4S2. The summed E-state index contributed by atoms with van der Waals surface area (Å²) in [6.45, 7) is 0.945. The highest BCUT2D eigenvalue weighted by atomic mass is 32.2. The first-order valence-corrected chi connectivity index (χ1v) is 11.8. The van der Waals surface area contributed by atoms with Gasteiger partial charge in [0.15, 0.2) is 0 Å². The molecule has 2 aromatic carbocycles. The third-order valence-corrected chi connectivity index (χ3v) is 7.17. The molecule has 0 unspecified atom stereocenters. The van der Waals surface area contributed by atoms with E-state index in [0.29, 0.717) is 49.0 Å². The summed E-state index contributed by atoms with van der Waals surface area (Å²) < 4.78 is 56.5. The minimum Gasteiger partial charge on any atom is -0.342 e. The lowest BCUT2D eigenvalue weighted by atomic mass is 10.3. The van der Waals surface area contributed by atoms with Gasteiger partial charge in [-0.05, 0) is 24.3 Å². The van der Waals surface area contributed by atoms with Crippen LogP contribution in [-0.2, 0) is 20.0 Å². The van der Waals surface area contributed by atoms with Crippen molar-refractivity contribution in [2.75, 3.05) is 23.7 Å². The number of nitrogens with one attached hydrogen (secondary N) is 3. The summed E-state index contributed by atoms with van der Waals surface area (Å²) in [6.07, 6.45) is 0.767. The van der Waals surface area contributed by atoms with Gasteiger partial charge in [-0.1, -0.05) is 24.3 Å². The zero-order valence-electron chi connectivity index (χ0n) is 15.3. The van der Waals surface area contributed by atoms with Gasteiger partial charge in [-0.2, -0.15) is 16.8 Å². The van der Waals surface area contributed by atoms with Crippen molar-refractivity contribution in [1.82, 2.24) is 5.32 Å². The van der Waals surface area contributed by atoms with Crippen LogP contribution in [0.4, 0.5) is 11.4 Å². The number of rotatable bonds is 6. The number of anilines is 2. The Balaban J connectivity index is 1.30. The average Bonchev–Trinajstić information content (AvgIpc) is 2.67. The highest BCUT2D eigenvalue weighted by Gasteiger charge is 2.25. The predicted molar refractivity (Wildman–Crippen MR) is 111 cm³/mol. The second kappa shape index (κ2) is 7.58. The van der Waals surface area contributed by atoms with Gasteiger partial charge in [-0.15, -0.1) is 8.80 Å². The molecule has 29 heavy (non-hydrogen) atoms. The molecule has 2 aromatic rings. The van der Waals surface area contributed by atoms with Gasteiger partial charge in [0.25, 0.3) is 20.0 Å². The molecule has 2 aliphatic heterocycles. The first kappa shape index (κ1) is 19.6. The van der Waals surface area contributed by atoms with Gasteiger partial charge >= 0.3 is 0 Å². The Morgan fingerprint density at radius 2 is 1.10 bits per heavy atom. The molecule has 0 aliphatic carbocycles. The number of hydrogen-bond acceptors (Lipinski definition) is 7. The van der Waals surface area contributed by atoms with Crippen molar-refractivity contribution in [3.63, 3.8) is 0 Å². The molecule has 0 saturated heterocycles. The molecule has 9 nitrogen and oxygen atoms in total. The maximum atomic E-state index is 12.2. The summed E-state index contributed by atoms with van der Waals surface area (Å²) in [6, 6.07) is 13.2. The Morgan fingerprint density at radius 1 is 0.690 bits per heavy atom. The minimum atomic E-state index is -3.69. The van der Waals surface area contributed by atoms with E-state index in [1.807, 2.05) is 0 Å². The van der Waals surface area contributed by atoms with Crippen molar-refractivity contribution in [1.29, 1.82) is 0 Å². The number of benzene rings is 2. The van der Waals surface area contributed by atoms with Gasteiger partial charge in [0.1, 0.15) is 21.5 Å². The minimum absolute atomic E-state index is 0.166. The van der Waals surface area contributed by atoms with Crippen molar-refractivity contribution in [3.05, 3.63) is 48.5 Å². The summed E-state index contributed by atoms with van der Waals surface area (Å²) in [5.41, 5.74) is 1.03. The molecule has 0 spiro atoms. The van der Waals surface area contributed by atoms with Crippen LogP contribution in [0.1, 0.15) is 12.8 Å². The SMILES string of the molecule is O=S1(=O)N=C(CCNCCC2=NS(=O)(=O)c3ccccc3N2)Nc2ccccc21. The smallest absolute Gasteiger partial charge is 0.286 e. The molecule has 0 fully saturated rings.